The van der Waals surface area contributed by atoms with Gasteiger partial charge in [-0.15, -0.1) is 0 Å². The lowest BCUT2D eigenvalue weighted by Gasteiger charge is -2.53. The highest BCUT2D eigenvalue weighted by atomic mass is 16.8. The third-order valence-electron chi connectivity index (χ3n) is 12.5. The molecule has 14 heteroatoms. The van der Waals surface area contributed by atoms with Gasteiger partial charge in [0.05, 0.1) is 24.5 Å². The van der Waals surface area contributed by atoms with E-state index in [0.29, 0.717) is 19.3 Å². The van der Waals surface area contributed by atoms with Crippen LogP contribution in [0.2, 0.25) is 0 Å². The summed E-state index contributed by atoms with van der Waals surface area (Å²) in [4.78, 5) is 39.5. The summed E-state index contributed by atoms with van der Waals surface area (Å²) in [5.74, 6) is -1.86. The number of cyclic esters (lactones) is 1. The Kier molecular flexibility index (Phi) is 6.43. The maximum Gasteiger partial charge on any atom is 0.334 e. The number of hydrogen-bond acceptors (Lipinski definition) is 14. The van der Waals surface area contributed by atoms with Crippen LogP contribution >= 0.6 is 0 Å². The van der Waals surface area contributed by atoms with Gasteiger partial charge in [0.25, 0.3) is 0 Å². The van der Waals surface area contributed by atoms with E-state index in [0.717, 1.165) is 11.1 Å². The molecule has 6 fully saturated rings. The van der Waals surface area contributed by atoms with Crippen LogP contribution in [0.15, 0.2) is 11.1 Å². The number of aliphatic hydroxyl groups is 4. The molecule has 0 aromatic carbocycles. The minimum atomic E-state index is -1.77. The lowest BCUT2D eigenvalue weighted by atomic mass is 9.46. The standard InChI is InChI=1S/C32H42O14/c1-12(2)30-22(45-30)23-32(46-23)29(5)7-6-13-14(11-40-24(13)38)15(29)8-17-31(32,44-17)26(30)42-18(34)9-28(3,4)27(39)43-25-21(37)20(36)19(35)16(10-33)41-25/h12,15-17,19-23,25-26,33,35-37H,6-11H2,1-5H3/t15-,16?,17-,19+,20-,21?,22-,23-,25-,26+,29-,30-,31+,32+/m0/s1. The second kappa shape index (κ2) is 9.50. The Balaban J connectivity index is 1.04. The molecule has 46 heavy (non-hydrogen) atoms. The van der Waals surface area contributed by atoms with Crippen LogP contribution in [-0.2, 0) is 47.5 Å². The molecule has 14 atom stereocenters. The fourth-order valence-electron chi connectivity index (χ4n) is 9.88. The van der Waals surface area contributed by atoms with Crippen molar-refractivity contribution in [3.8, 4) is 0 Å². The number of epoxide rings is 3. The fourth-order valence-corrected chi connectivity index (χ4v) is 9.88. The number of carbonyl (C=O) groups excluding carboxylic acids is 3. The van der Waals surface area contributed by atoms with Gasteiger partial charge in [0.1, 0.15) is 54.4 Å². The van der Waals surface area contributed by atoms with Crippen molar-refractivity contribution in [2.24, 2.45) is 22.7 Å². The molecule has 2 saturated carbocycles. The summed E-state index contributed by atoms with van der Waals surface area (Å²) in [6.07, 6.45) is -8.18. The molecule has 4 saturated heterocycles. The third kappa shape index (κ3) is 3.62. The summed E-state index contributed by atoms with van der Waals surface area (Å²) in [6, 6.07) is 0. The first-order valence-corrected chi connectivity index (χ1v) is 16.2. The minimum Gasteiger partial charge on any atom is -0.458 e. The van der Waals surface area contributed by atoms with Crippen molar-refractivity contribution in [1.82, 2.24) is 0 Å². The van der Waals surface area contributed by atoms with Gasteiger partial charge in [-0.05, 0) is 50.5 Å². The molecule has 0 amide bonds. The van der Waals surface area contributed by atoms with Gasteiger partial charge in [0, 0.05) is 11.0 Å². The highest BCUT2D eigenvalue weighted by Crippen LogP contribution is 2.83. The smallest absolute Gasteiger partial charge is 0.334 e. The number of carbonyl (C=O) groups is 3. The molecule has 0 radical (unpaired) electrons. The second-order valence-electron chi connectivity index (χ2n) is 15.5. The topological polar surface area (TPSA) is 207 Å². The van der Waals surface area contributed by atoms with Crippen LogP contribution in [-0.4, -0.2) is 123 Å². The molecule has 2 unspecified atom stereocenters. The van der Waals surface area contributed by atoms with E-state index in [1.54, 1.807) is 0 Å². The monoisotopic (exact) mass is 650 g/mol. The Morgan fingerprint density at radius 3 is 2.48 bits per heavy atom. The summed E-state index contributed by atoms with van der Waals surface area (Å²) in [6.45, 7) is 8.77. The molecule has 2 spiro atoms. The van der Waals surface area contributed by atoms with Crippen molar-refractivity contribution < 1.29 is 68.0 Å². The molecule has 5 aliphatic heterocycles. The Labute approximate surface area is 265 Å². The summed E-state index contributed by atoms with van der Waals surface area (Å²) in [5, 5.41) is 39.9. The first kappa shape index (κ1) is 31.1. The molecule has 14 nitrogen and oxygen atoms in total. The van der Waals surface area contributed by atoms with Crippen LogP contribution in [0.3, 0.4) is 0 Å². The highest BCUT2D eigenvalue weighted by Gasteiger charge is 3.01. The molecule has 0 bridgehead atoms. The van der Waals surface area contributed by atoms with Crippen LogP contribution in [0.1, 0.15) is 60.3 Å². The van der Waals surface area contributed by atoms with Gasteiger partial charge in [0.15, 0.2) is 11.7 Å². The number of ether oxygens (including phenoxy) is 7. The molecule has 5 heterocycles. The van der Waals surface area contributed by atoms with E-state index >= 15 is 0 Å². The molecular weight excluding hydrogens is 608 g/mol. The van der Waals surface area contributed by atoms with Crippen LogP contribution in [0.25, 0.3) is 0 Å². The maximum absolute atomic E-state index is 13.8. The predicted molar refractivity (Wildman–Crippen MR) is 149 cm³/mol. The maximum atomic E-state index is 13.8. The van der Waals surface area contributed by atoms with Crippen molar-refractivity contribution >= 4 is 17.9 Å². The van der Waals surface area contributed by atoms with Gasteiger partial charge in [-0.2, -0.15) is 0 Å². The molecule has 3 aliphatic carbocycles. The van der Waals surface area contributed by atoms with E-state index in [-0.39, 0.29) is 42.7 Å². The fraction of sp³-hybridized carbons (Fsp3) is 0.844. The molecule has 8 rings (SSSR count). The van der Waals surface area contributed by atoms with E-state index in [1.807, 2.05) is 13.8 Å². The van der Waals surface area contributed by atoms with Crippen LogP contribution < -0.4 is 0 Å². The van der Waals surface area contributed by atoms with E-state index in [4.69, 9.17) is 33.2 Å². The SMILES string of the molecule is CC(C)[C@]12O[C@H]1[C@@H]1O[C@]13[C@]1(O[C@H]1C[C@H]1C4=C(CC[C@@]13C)C(=O)OC4)[C@@H]2OC(=O)CC(C)(C)C(=O)O[C@@H]1OC(CO)[C@@H](O)[C@H](O)C1O. The molecule has 0 aromatic heterocycles. The zero-order valence-electron chi connectivity index (χ0n) is 26.5. The summed E-state index contributed by atoms with van der Waals surface area (Å²) >= 11 is 0. The van der Waals surface area contributed by atoms with Crippen molar-refractivity contribution in [3.05, 3.63) is 11.1 Å². The molecular formula is C32H42O14. The van der Waals surface area contributed by atoms with Gasteiger partial charge in [-0.25, -0.2) is 4.79 Å². The molecule has 4 N–H and O–H groups in total. The van der Waals surface area contributed by atoms with Crippen molar-refractivity contribution in [1.29, 1.82) is 0 Å². The number of rotatable bonds is 7. The van der Waals surface area contributed by atoms with Crippen molar-refractivity contribution in [3.63, 3.8) is 0 Å². The first-order chi connectivity index (χ1) is 21.6. The highest BCUT2D eigenvalue weighted by molar-refractivity contribution is 5.92. The molecule has 8 aliphatic rings. The summed E-state index contributed by atoms with van der Waals surface area (Å²) in [7, 11) is 0. The van der Waals surface area contributed by atoms with Crippen molar-refractivity contribution in [2.75, 3.05) is 13.2 Å². The van der Waals surface area contributed by atoms with Gasteiger partial charge in [-0.1, -0.05) is 20.8 Å². The van der Waals surface area contributed by atoms with Gasteiger partial charge in [0.2, 0.25) is 6.29 Å². The third-order valence-corrected chi connectivity index (χ3v) is 12.5. The quantitative estimate of drug-likeness (QED) is 0.154. The molecule has 254 valence electrons. The van der Waals surface area contributed by atoms with E-state index < -0.39 is 89.4 Å². The number of fused-ring (bicyclic) bond motifs is 4. The first-order valence-electron chi connectivity index (χ1n) is 16.2. The largest absolute Gasteiger partial charge is 0.458 e. The number of aliphatic hydroxyl groups excluding tert-OH is 4. The predicted octanol–water partition coefficient (Wildman–Crippen LogP) is -0.587. The lowest BCUT2D eigenvalue weighted by molar-refractivity contribution is -0.295. The van der Waals surface area contributed by atoms with E-state index in [1.165, 1.54) is 13.8 Å². The zero-order chi connectivity index (χ0) is 32.9. The van der Waals surface area contributed by atoms with Crippen LogP contribution in [0, 0.1) is 22.7 Å². The normalized spacial score (nSPS) is 51.0. The van der Waals surface area contributed by atoms with Crippen molar-refractivity contribution in [2.45, 2.75) is 132 Å². The van der Waals surface area contributed by atoms with Crippen LogP contribution in [0.4, 0.5) is 0 Å². The Morgan fingerprint density at radius 1 is 1.04 bits per heavy atom. The van der Waals surface area contributed by atoms with Gasteiger partial charge >= 0.3 is 17.9 Å². The number of esters is 3. The molecule has 0 aromatic rings. The average molecular weight is 651 g/mol. The Hall–Kier alpha value is -2.17. The Bertz CT molecular complexity index is 1420. The van der Waals surface area contributed by atoms with E-state index in [9.17, 15) is 34.8 Å². The Morgan fingerprint density at radius 2 is 1.78 bits per heavy atom. The van der Waals surface area contributed by atoms with Gasteiger partial charge in [-0.3, -0.25) is 9.59 Å². The number of hydrogen-bond donors (Lipinski definition) is 4. The summed E-state index contributed by atoms with van der Waals surface area (Å²) < 4.78 is 42.2. The van der Waals surface area contributed by atoms with Crippen LogP contribution in [0.5, 0.6) is 0 Å². The van der Waals surface area contributed by atoms with E-state index in [2.05, 4.69) is 6.92 Å². The lowest BCUT2D eigenvalue weighted by Crippen LogP contribution is -2.70. The average Bonchev–Trinajstić information content (AvgIpc) is 3.91. The minimum absolute atomic E-state index is 0.0195. The zero-order valence-corrected chi connectivity index (χ0v) is 26.5. The van der Waals surface area contributed by atoms with Gasteiger partial charge < -0.3 is 53.6 Å². The second-order valence-corrected chi connectivity index (χ2v) is 15.5. The summed E-state index contributed by atoms with van der Waals surface area (Å²) in [5.41, 5.74) is -2.63.